The molecule has 0 unspecified atom stereocenters. The van der Waals surface area contributed by atoms with Crippen LogP contribution in [0.1, 0.15) is 16.7 Å². The van der Waals surface area contributed by atoms with Gasteiger partial charge in [0, 0.05) is 6.54 Å². The molecule has 0 bridgehead atoms. The number of hydrogen-bond acceptors (Lipinski definition) is 4. The smallest absolute Gasteiger partial charge is 0.323 e. The molecule has 3 aromatic rings. The van der Waals surface area contributed by atoms with E-state index in [4.69, 9.17) is 0 Å². The molecular weight excluding hydrogens is 383 g/mol. The molecule has 29 heavy (non-hydrogen) atoms. The van der Waals surface area contributed by atoms with Crippen LogP contribution in [0.3, 0.4) is 0 Å². The van der Waals surface area contributed by atoms with E-state index < -0.39 is 17.6 Å². The molecule has 1 N–H and O–H groups in total. The number of aromatic nitrogens is 3. The van der Waals surface area contributed by atoms with Gasteiger partial charge in [0.05, 0.1) is 23.5 Å². The van der Waals surface area contributed by atoms with Crippen LogP contribution in [0.15, 0.2) is 55.1 Å². The number of halogens is 3. The number of benzene rings is 2. The first-order chi connectivity index (χ1) is 13.7. The Morgan fingerprint density at radius 2 is 1.97 bits per heavy atom. The van der Waals surface area contributed by atoms with Crippen molar-refractivity contribution in [1.82, 2.24) is 19.7 Å². The molecule has 0 aliphatic heterocycles. The monoisotopic (exact) mass is 403 g/mol. The standard InChI is InChI=1S/C20H20F3N5O/c1-14-5-3-4-6-15(14)10-27(2)11-19(29)26-17-9-16(20(21,22)23)7-8-18(17)28-13-24-12-25-28/h3-9,12-13H,10-11H2,1-2H3,(H,26,29). The van der Waals surface area contributed by atoms with Gasteiger partial charge >= 0.3 is 6.18 Å². The van der Waals surface area contributed by atoms with Crippen LogP contribution < -0.4 is 5.32 Å². The Balaban J connectivity index is 1.77. The lowest BCUT2D eigenvalue weighted by Gasteiger charge is -2.19. The zero-order valence-corrected chi connectivity index (χ0v) is 15.9. The fourth-order valence-electron chi connectivity index (χ4n) is 2.91. The van der Waals surface area contributed by atoms with Crippen molar-refractivity contribution in [3.05, 3.63) is 71.8 Å². The minimum absolute atomic E-state index is 0.0135. The van der Waals surface area contributed by atoms with E-state index in [0.717, 1.165) is 23.3 Å². The van der Waals surface area contributed by atoms with Crippen LogP contribution in [0, 0.1) is 6.92 Å². The number of alkyl halides is 3. The van der Waals surface area contributed by atoms with Crippen molar-refractivity contribution in [2.24, 2.45) is 0 Å². The molecule has 0 radical (unpaired) electrons. The van der Waals surface area contributed by atoms with Crippen LogP contribution in [0.25, 0.3) is 5.69 Å². The topological polar surface area (TPSA) is 63.1 Å². The number of amides is 1. The third kappa shape index (κ3) is 5.20. The lowest BCUT2D eigenvalue weighted by molar-refractivity contribution is -0.137. The van der Waals surface area contributed by atoms with Gasteiger partial charge in [0.15, 0.2) is 0 Å². The van der Waals surface area contributed by atoms with Gasteiger partial charge in [-0.3, -0.25) is 9.69 Å². The fraction of sp³-hybridized carbons (Fsp3) is 0.250. The fourth-order valence-corrected chi connectivity index (χ4v) is 2.91. The summed E-state index contributed by atoms with van der Waals surface area (Å²) in [6, 6.07) is 10.9. The van der Waals surface area contributed by atoms with Crippen molar-refractivity contribution < 1.29 is 18.0 Å². The van der Waals surface area contributed by atoms with Crippen molar-refractivity contribution in [3.63, 3.8) is 0 Å². The van der Waals surface area contributed by atoms with Crippen LogP contribution in [-0.2, 0) is 17.5 Å². The number of anilines is 1. The van der Waals surface area contributed by atoms with Crippen LogP contribution in [0.2, 0.25) is 0 Å². The molecule has 0 aliphatic carbocycles. The van der Waals surface area contributed by atoms with E-state index in [-0.39, 0.29) is 12.2 Å². The number of rotatable bonds is 6. The molecule has 0 spiro atoms. The van der Waals surface area contributed by atoms with Gasteiger partial charge in [-0.1, -0.05) is 24.3 Å². The van der Waals surface area contributed by atoms with E-state index in [0.29, 0.717) is 12.2 Å². The number of aryl methyl sites for hydroxylation is 1. The quantitative estimate of drug-likeness (QED) is 0.682. The highest BCUT2D eigenvalue weighted by Crippen LogP contribution is 2.33. The van der Waals surface area contributed by atoms with Crippen molar-refractivity contribution in [2.75, 3.05) is 18.9 Å². The van der Waals surface area contributed by atoms with Gasteiger partial charge in [-0.2, -0.15) is 18.3 Å². The zero-order valence-electron chi connectivity index (χ0n) is 15.9. The molecule has 0 aliphatic rings. The molecule has 6 nitrogen and oxygen atoms in total. The number of nitrogens with one attached hydrogen (secondary N) is 1. The van der Waals surface area contributed by atoms with Gasteiger partial charge in [0.1, 0.15) is 12.7 Å². The number of carbonyl (C=O) groups is 1. The molecule has 0 atom stereocenters. The number of hydrogen-bond donors (Lipinski definition) is 1. The Morgan fingerprint density at radius 1 is 1.21 bits per heavy atom. The average Bonchev–Trinajstić information content (AvgIpc) is 3.17. The number of likely N-dealkylation sites (N-methyl/N-ethyl adjacent to an activating group) is 1. The summed E-state index contributed by atoms with van der Waals surface area (Å²) in [6.45, 7) is 2.54. The van der Waals surface area contributed by atoms with Crippen LogP contribution >= 0.6 is 0 Å². The van der Waals surface area contributed by atoms with E-state index in [1.54, 1.807) is 11.9 Å². The summed E-state index contributed by atoms with van der Waals surface area (Å²) in [6.07, 6.45) is -1.91. The molecule has 0 saturated heterocycles. The molecule has 3 rings (SSSR count). The molecular formula is C20H20F3N5O. The minimum atomic E-state index is -4.53. The first kappa shape index (κ1) is 20.5. The molecule has 152 valence electrons. The Hall–Kier alpha value is -3.20. The number of nitrogens with zero attached hydrogens (tertiary/aromatic N) is 4. The van der Waals surface area contributed by atoms with E-state index in [9.17, 15) is 18.0 Å². The summed E-state index contributed by atoms with van der Waals surface area (Å²) < 4.78 is 40.6. The number of carbonyl (C=O) groups excluding carboxylic acids is 1. The minimum Gasteiger partial charge on any atom is -0.323 e. The summed E-state index contributed by atoms with van der Waals surface area (Å²) in [5.41, 5.74) is 1.63. The van der Waals surface area contributed by atoms with Gasteiger partial charge in [-0.15, -0.1) is 0 Å². The lowest BCUT2D eigenvalue weighted by atomic mass is 10.1. The summed E-state index contributed by atoms with van der Waals surface area (Å²) in [5, 5.41) is 6.51. The Morgan fingerprint density at radius 3 is 2.62 bits per heavy atom. The van der Waals surface area contributed by atoms with E-state index in [1.807, 2.05) is 31.2 Å². The van der Waals surface area contributed by atoms with Crippen molar-refractivity contribution >= 4 is 11.6 Å². The molecule has 1 aromatic heterocycles. The van der Waals surface area contributed by atoms with Crippen LogP contribution in [0.4, 0.5) is 18.9 Å². The van der Waals surface area contributed by atoms with Crippen molar-refractivity contribution in [1.29, 1.82) is 0 Å². The highest BCUT2D eigenvalue weighted by molar-refractivity contribution is 5.94. The largest absolute Gasteiger partial charge is 0.416 e. The summed E-state index contributed by atoms with van der Waals surface area (Å²) in [4.78, 5) is 18.1. The zero-order chi connectivity index (χ0) is 21.0. The molecule has 0 fully saturated rings. The first-order valence-corrected chi connectivity index (χ1v) is 8.83. The van der Waals surface area contributed by atoms with Crippen LogP contribution in [-0.4, -0.2) is 39.2 Å². The molecule has 2 aromatic carbocycles. The van der Waals surface area contributed by atoms with Crippen molar-refractivity contribution in [2.45, 2.75) is 19.6 Å². The van der Waals surface area contributed by atoms with Gasteiger partial charge < -0.3 is 5.32 Å². The summed E-state index contributed by atoms with van der Waals surface area (Å²) in [7, 11) is 1.77. The van der Waals surface area contributed by atoms with E-state index in [1.165, 1.54) is 23.4 Å². The molecule has 0 saturated carbocycles. The second-order valence-corrected chi connectivity index (χ2v) is 6.72. The maximum atomic E-state index is 13.1. The lowest BCUT2D eigenvalue weighted by Crippen LogP contribution is -2.30. The maximum Gasteiger partial charge on any atom is 0.416 e. The average molecular weight is 403 g/mol. The predicted molar refractivity (Wildman–Crippen MR) is 103 cm³/mol. The van der Waals surface area contributed by atoms with E-state index >= 15 is 0 Å². The Bertz CT molecular complexity index is 986. The third-order valence-corrected chi connectivity index (χ3v) is 4.38. The normalized spacial score (nSPS) is 11.7. The van der Waals surface area contributed by atoms with Gasteiger partial charge in [-0.05, 0) is 43.3 Å². The Labute approximate surface area is 166 Å². The highest BCUT2D eigenvalue weighted by atomic mass is 19.4. The highest BCUT2D eigenvalue weighted by Gasteiger charge is 2.31. The predicted octanol–water partition coefficient (Wildman–Crippen LogP) is 3.67. The first-order valence-electron chi connectivity index (χ1n) is 8.83. The van der Waals surface area contributed by atoms with Gasteiger partial charge in [0.2, 0.25) is 5.91 Å². The maximum absolute atomic E-state index is 13.1. The second-order valence-electron chi connectivity index (χ2n) is 6.72. The molecule has 1 amide bonds. The van der Waals surface area contributed by atoms with Gasteiger partial charge in [0.25, 0.3) is 0 Å². The Kier molecular flexibility index (Phi) is 5.97. The summed E-state index contributed by atoms with van der Waals surface area (Å²) >= 11 is 0. The third-order valence-electron chi connectivity index (χ3n) is 4.38. The second kappa shape index (κ2) is 8.44. The summed E-state index contributed by atoms with van der Waals surface area (Å²) in [5.74, 6) is -0.429. The van der Waals surface area contributed by atoms with Crippen molar-refractivity contribution in [3.8, 4) is 5.69 Å². The SMILES string of the molecule is Cc1ccccc1CN(C)CC(=O)Nc1cc(C(F)(F)F)ccc1-n1cncn1. The van der Waals surface area contributed by atoms with E-state index in [2.05, 4.69) is 15.4 Å². The van der Waals surface area contributed by atoms with Gasteiger partial charge in [-0.25, -0.2) is 9.67 Å². The molecule has 9 heteroatoms. The molecule has 1 heterocycles. The van der Waals surface area contributed by atoms with Crippen LogP contribution in [0.5, 0.6) is 0 Å².